The van der Waals surface area contributed by atoms with Gasteiger partial charge < -0.3 is 14.7 Å². The molecule has 1 unspecified atom stereocenters. The minimum absolute atomic E-state index is 0.109. The first-order valence-corrected chi connectivity index (χ1v) is 7.14. The summed E-state index contributed by atoms with van der Waals surface area (Å²) >= 11 is 0. The van der Waals surface area contributed by atoms with Crippen molar-refractivity contribution >= 4 is 5.91 Å². The van der Waals surface area contributed by atoms with Crippen LogP contribution in [0, 0.1) is 5.92 Å². The first-order chi connectivity index (χ1) is 9.28. The maximum Gasteiger partial charge on any atom is 0.295 e. The molecule has 19 heavy (non-hydrogen) atoms. The Labute approximate surface area is 112 Å². The van der Waals surface area contributed by atoms with Gasteiger partial charge in [0, 0.05) is 13.1 Å². The van der Waals surface area contributed by atoms with Crippen LogP contribution < -0.4 is 5.32 Å². The summed E-state index contributed by atoms with van der Waals surface area (Å²) < 4.78 is 5.21. The Morgan fingerprint density at radius 2 is 2.32 bits per heavy atom. The van der Waals surface area contributed by atoms with Crippen LogP contribution in [-0.2, 0) is 0 Å². The summed E-state index contributed by atoms with van der Waals surface area (Å²) in [7, 11) is 0. The second-order valence-electron chi connectivity index (χ2n) is 5.39. The Hall–Kier alpha value is -1.43. The van der Waals surface area contributed by atoms with E-state index in [4.69, 9.17) is 4.52 Å². The van der Waals surface area contributed by atoms with Gasteiger partial charge in [-0.15, -0.1) is 0 Å². The van der Waals surface area contributed by atoms with Crippen LogP contribution in [0.15, 0.2) is 4.52 Å². The fraction of sp³-hybridized carbons (Fsp3) is 0.769. The number of rotatable bonds is 5. The minimum atomic E-state index is -0.109. The van der Waals surface area contributed by atoms with E-state index in [-0.39, 0.29) is 17.8 Å². The Morgan fingerprint density at radius 1 is 1.47 bits per heavy atom. The van der Waals surface area contributed by atoms with E-state index in [1.165, 1.54) is 12.8 Å². The van der Waals surface area contributed by atoms with Crippen molar-refractivity contribution in [2.24, 2.45) is 5.92 Å². The number of aromatic nitrogens is 2. The molecule has 2 fully saturated rings. The second-order valence-corrected chi connectivity index (χ2v) is 5.39. The number of carbonyl (C=O) groups excluding carboxylic acids is 1. The van der Waals surface area contributed by atoms with Crippen LogP contribution in [-0.4, -0.2) is 40.6 Å². The highest BCUT2D eigenvalue weighted by Gasteiger charge is 2.29. The van der Waals surface area contributed by atoms with E-state index < -0.39 is 0 Å². The van der Waals surface area contributed by atoms with Crippen molar-refractivity contribution in [2.75, 3.05) is 19.6 Å². The molecule has 1 saturated carbocycles. The van der Waals surface area contributed by atoms with Crippen molar-refractivity contribution in [3.63, 3.8) is 0 Å². The number of amides is 1. The van der Waals surface area contributed by atoms with Gasteiger partial charge in [0.05, 0.1) is 6.04 Å². The molecule has 1 aliphatic heterocycles. The maximum atomic E-state index is 12.3. The highest BCUT2D eigenvalue weighted by Crippen LogP contribution is 2.30. The molecule has 1 aromatic heterocycles. The monoisotopic (exact) mass is 264 g/mol. The molecule has 0 spiro atoms. The molecule has 104 valence electrons. The van der Waals surface area contributed by atoms with Crippen LogP contribution >= 0.6 is 0 Å². The zero-order chi connectivity index (χ0) is 13.2. The average molecular weight is 264 g/mol. The standard InChI is InChI=1S/C13H20N4O2/c1-2-17(8-9-5-6-9)13(18)11-15-12(19-16-11)10-4-3-7-14-10/h9-10,14H,2-8H2,1H3. The van der Waals surface area contributed by atoms with Crippen LogP contribution in [0.5, 0.6) is 0 Å². The predicted molar refractivity (Wildman–Crippen MR) is 68.6 cm³/mol. The van der Waals surface area contributed by atoms with Gasteiger partial charge in [-0.25, -0.2) is 0 Å². The quantitative estimate of drug-likeness (QED) is 0.869. The van der Waals surface area contributed by atoms with Crippen LogP contribution in [0.2, 0.25) is 0 Å². The highest BCUT2D eigenvalue weighted by molar-refractivity contribution is 5.90. The molecule has 2 heterocycles. The lowest BCUT2D eigenvalue weighted by Gasteiger charge is -2.18. The number of nitrogens with one attached hydrogen (secondary N) is 1. The molecule has 1 N–H and O–H groups in total. The molecular weight excluding hydrogens is 244 g/mol. The zero-order valence-corrected chi connectivity index (χ0v) is 11.3. The maximum absolute atomic E-state index is 12.3. The molecule has 1 atom stereocenters. The molecular formula is C13H20N4O2. The predicted octanol–water partition coefficient (Wildman–Crippen LogP) is 1.37. The summed E-state index contributed by atoms with van der Waals surface area (Å²) in [6.07, 6.45) is 4.56. The van der Waals surface area contributed by atoms with Gasteiger partial charge in [0.1, 0.15) is 0 Å². The molecule has 1 aromatic rings. The van der Waals surface area contributed by atoms with Crippen molar-refractivity contribution in [2.45, 2.75) is 38.6 Å². The largest absolute Gasteiger partial charge is 0.337 e. The second kappa shape index (κ2) is 5.28. The van der Waals surface area contributed by atoms with E-state index in [1.807, 2.05) is 11.8 Å². The van der Waals surface area contributed by atoms with Crippen molar-refractivity contribution in [3.8, 4) is 0 Å². The summed E-state index contributed by atoms with van der Waals surface area (Å²) in [5.74, 6) is 1.31. The molecule has 1 amide bonds. The molecule has 6 nitrogen and oxygen atoms in total. The molecule has 1 aliphatic carbocycles. The summed E-state index contributed by atoms with van der Waals surface area (Å²) in [4.78, 5) is 18.4. The Bertz CT molecular complexity index is 449. The van der Waals surface area contributed by atoms with Crippen molar-refractivity contribution in [3.05, 3.63) is 11.7 Å². The average Bonchev–Trinajstić information content (AvgIpc) is 2.93. The van der Waals surface area contributed by atoms with Crippen LogP contribution in [0.4, 0.5) is 0 Å². The van der Waals surface area contributed by atoms with E-state index in [0.29, 0.717) is 18.4 Å². The Balaban J connectivity index is 1.67. The van der Waals surface area contributed by atoms with Gasteiger partial charge in [-0.3, -0.25) is 4.79 Å². The summed E-state index contributed by atoms with van der Waals surface area (Å²) in [5, 5.41) is 7.13. The summed E-state index contributed by atoms with van der Waals surface area (Å²) in [6.45, 7) is 4.47. The normalized spacial score (nSPS) is 22.7. The third-order valence-corrected chi connectivity index (χ3v) is 3.84. The number of hydrogen-bond donors (Lipinski definition) is 1. The van der Waals surface area contributed by atoms with E-state index in [1.54, 1.807) is 0 Å². The van der Waals surface area contributed by atoms with Crippen molar-refractivity contribution in [1.29, 1.82) is 0 Å². The van der Waals surface area contributed by atoms with Crippen molar-refractivity contribution < 1.29 is 9.32 Å². The lowest BCUT2D eigenvalue weighted by molar-refractivity contribution is 0.0741. The topological polar surface area (TPSA) is 71.3 Å². The van der Waals surface area contributed by atoms with Crippen LogP contribution in [0.1, 0.15) is 55.2 Å². The highest BCUT2D eigenvalue weighted by atomic mass is 16.5. The van der Waals surface area contributed by atoms with Crippen LogP contribution in [0.25, 0.3) is 0 Å². The fourth-order valence-corrected chi connectivity index (χ4v) is 2.47. The van der Waals surface area contributed by atoms with E-state index in [0.717, 1.165) is 25.9 Å². The molecule has 0 aromatic carbocycles. The van der Waals surface area contributed by atoms with E-state index in [2.05, 4.69) is 15.5 Å². The Morgan fingerprint density at radius 3 is 2.95 bits per heavy atom. The van der Waals surface area contributed by atoms with Gasteiger partial charge in [0.25, 0.3) is 11.7 Å². The summed E-state index contributed by atoms with van der Waals surface area (Å²) in [5.41, 5.74) is 0. The van der Waals surface area contributed by atoms with Crippen molar-refractivity contribution in [1.82, 2.24) is 20.4 Å². The van der Waals surface area contributed by atoms with Gasteiger partial charge in [0.2, 0.25) is 5.89 Å². The van der Waals surface area contributed by atoms with E-state index in [9.17, 15) is 4.79 Å². The Kier molecular flexibility index (Phi) is 3.50. The number of nitrogens with zero attached hydrogens (tertiary/aromatic N) is 3. The lowest BCUT2D eigenvalue weighted by Crippen LogP contribution is -2.33. The molecule has 6 heteroatoms. The first-order valence-electron chi connectivity index (χ1n) is 7.14. The third-order valence-electron chi connectivity index (χ3n) is 3.84. The molecule has 0 bridgehead atoms. The first kappa shape index (κ1) is 12.6. The molecule has 1 saturated heterocycles. The van der Waals surface area contributed by atoms with Gasteiger partial charge in [-0.05, 0) is 45.1 Å². The molecule has 3 rings (SSSR count). The zero-order valence-electron chi connectivity index (χ0n) is 11.3. The number of carbonyl (C=O) groups is 1. The number of hydrogen-bond acceptors (Lipinski definition) is 5. The SMILES string of the molecule is CCN(CC1CC1)C(=O)c1noc(C2CCCN2)n1. The van der Waals surface area contributed by atoms with Gasteiger partial charge in [0.15, 0.2) is 0 Å². The minimum Gasteiger partial charge on any atom is -0.337 e. The lowest BCUT2D eigenvalue weighted by atomic mass is 10.2. The third kappa shape index (κ3) is 2.78. The molecule has 0 radical (unpaired) electrons. The fourth-order valence-electron chi connectivity index (χ4n) is 2.47. The smallest absolute Gasteiger partial charge is 0.295 e. The van der Waals surface area contributed by atoms with Crippen LogP contribution in [0.3, 0.4) is 0 Å². The summed E-state index contributed by atoms with van der Waals surface area (Å²) in [6, 6.07) is 0.118. The van der Waals surface area contributed by atoms with Gasteiger partial charge >= 0.3 is 0 Å². The molecule has 2 aliphatic rings. The van der Waals surface area contributed by atoms with E-state index >= 15 is 0 Å². The van der Waals surface area contributed by atoms with Gasteiger partial charge in [-0.1, -0.05) is 5.16 Å². The van der Waals surface area contributed by atoms with Gasteiger partial charge in [-0.2, -0.15) is 4.98 Å².